The van der Waals surface area contributed by atoms with Gasteiger partial charge in [-0.2, -0.15) is 11.8 Å². The molecule has 1 aliphatic heterocycles. The molecule has 0 bridgehead atoms. The fourth-order valence-corrected chi connectivity index (χ4v) is 2.96. The molecule has 0 aromatic heterocycles. The molecule has 0 atom stereocenters. The van der Waals surface area contributed by atoms with Gasteiger partial charge >= 0.3 is 5.97 Å². The minimum Gasteiger partial charge on any atom is -0.481 e. The van der Waals surface area contributed by atoms with Crippen molar-refractivity contribution < 1.29 is 9.90 Å². The van der Waals surface area contributed by atoms with E-state index in [9.17, 15) is 4.79 Å². The van der Waals surface area contributed by atoms with Crippen LogP contribution in [-0.2, 0) is 4.79 Å². The molecule has 2 fully saturated rings. The normalized spacial score (nSPS) is 35.4. The van der Waals surface area contributed by atoms with Crippen molar-refractivity contribution in [2.75, 3.05) is 24.6 Å². The van der Waals surface area contributed by atoms with Gasteiger partial charge in [-0.25, -0.2) is 0 Å². The highest BCUT2D eigenvalue weighted by Crippen LogP contribution is 2.32. The Kier molecular flexibility index (Phi) is 2.79. The van der Waals surface area contributed by atoms with Crippen molar-refractivity contribution in [3.8, 4) is 0 Å². The van der Waals surface area contributed by atoms with Gasteiger partial charge in [0.15, 0.2) is 0 Å². The van der Waals surface area contributed by atoms with Gasteiger partial charge in [-0.05, 0) is 12.8 Å². The van der Waals surface area contributed by atoms with Crippen LogP contribution in [0.15, 0.2) is 0 Å². The highest BCUT2D eigenvalue weighted by atomic mass is 32.2. The monoisotopic (exact) mass is 201 g/mol. The first-order chi connectivity index (χ1) is 6.27. The highest BCUT2D eigenvalue weighted by molar-refractivity contribution is 7.99. The van der Waals surface area contributed by atoms with Crippen molar-refractivity contribution in [1.82, 2.24) is 4.90 Å². The molecule has 3 nitrogen and oxygen atoms in total. The van der Waals surface area contributed by atoms with Crippen LogP contribution in [0.2, 0.25) is 0 Å². The zero-order valence-corrected chi connectivity index (χ0v) is 8.42. The van der Waals surface area contributed by atoms with E-state index < -0.39 is 5.97 Å². The molecule has 1 N–H and O–H groups in total. The van der Waals surface area contributed by atoms with Crippen molar-refractivity contribution >= 4 is 17.7 Å². The first-order valence-corrected chi connectivity index (χ1v) is 5.97. The average molecular weight is 201 g/mol. The molecular weight excluding hydrogens is 186 g/mol. The molecule has 74 valence electrons. The zero-order valence-electron chi connectivity index (χ0n) is 7.61. The van der Waals surface area contributed by atoms with E-state index in [1.165, 1.54) is 11.5 Å². The molecule has 0 aromatic rings. The standard InChI is InChI=1S/C9H15NO2S/c11-9(12)7-5-8(6-7)10-1-3-13-4-2-10/h7-8H,1-6H2,(H,11,12). The first-order valence-electron chi connectivity index (χ1n) is 4.82. The van der Waals surface area contributed by atoms with E-state index in [0.717, 1.165) is 25.9 Å². The van der Waals surface area contributed by atoms with Crippen LogP contribution in [-0.4, -0.2) is 46.6 Å². The number of carbonyl (C=O) groups is 1. The zero-order chi connectivity index (χ0) is 9.26. The fraction of sp³-hybridized carbons (Fsp3) is 0.889. The van der Waals surface area contributed by atoms with Crippen LogP contribution >= 0.6 is 11.8 Å². The number of hydrogen-bond acceptors (Lipinski definition) is 3. The maximum atomic E-state index is 10.6. The van der Waals surface area contributed by atoms with Crippen LogP contribution < -0.4 is 0 Å². The number of nitrogens with zero attached hydrogens (tertiary/aromatic N) is 1. The van der Waals surface area contributed by atoms with E-state index in [0.29, 0.717) is 6.04 Å². The van der Waals surface area contributed by atoms with E-state index >= 15 is 0 Å². The molecule has 4 heteroatoms. The predicted octanol–water partition coefficient (Wildman–Crippen LogP) is 0.898. The second kappa shape index (κ2) is 3.88. The maximum Gasteiger partial charge on any atom is 0.306 e. The van der Waals surface area contributed by atoms with E-state index in [-0.39, 0.29) is 5.92 Å². The predicted molar refractivity (Wildman–Crippen MR) is 53.0 cm³/mol. The summed E-state index contributed by atoms with van der Waals surface area (Å²) in [6.45, 7) is 2.31. The molecular formula is C9H15NO2S. The molecule has 0 amide bonds. The first kappa shape index (κ1) is 9.34. The lowest BCUT2D eigenvalue weighted by Gasteiger charge is -2.42. The van der Waals surface area contributed by atoms with Gasteiger partial charge < -0.3 is 5.11 Å². The Morgan fingerprint density at radius 2 is 1.92 bits per heavy atom. The van der Waals surface area contributed by atoms with Gasteiger partial charge in [-0.3, -0.25) is 9.69 Å². The molecule has 1 aliphatic carbocycles. The van der Waals surface area contributed by atoms with Crippen molar-refractivity contribution in [3.05, 3.63) is 0 Å². The van der Waals surface area contributed by atoms with Crippen molar-refractivity contribution in [1.29, 1.82) is 0 Å². The number of rotatable bonds is 2. The lowest BCUT2D eigenvalue weighted by Crippen LogP contribution is -2.49. The SMILES string of the molecule is O=C(O)C1CC(N2CCSCC2)C1. The summed E-state index contributed by atoms with van der Waals surface area (Å²) in [6, 6.07) is 0.571. The summed E-state index contributed by atoms with van der Waals surface area (Å²) >= 11 is 2.00. The Labute approximate surface area is 82.5 Å². The molecule has 1 saturated heterocycles. The summed E-state index contributed by atoms with van der Waals surface area (Å²) in [5.41, 5.74) is 0. The lowest BCUT2D eigenvalue weighted by molar-refractivity contribution is -0.147. The molecule has 0 aromatic carbocycles. The summed E-state index contributed by atoms with van der Waals surface area (Å²) in [5, 5.41) is 8.73. The fourth-order valence-electron chi connectivity index (χ4n) is 2.03. The van der Waals surface area contributed by atoms with Gasteiger partial charge in [0.25, 0.3) is 0 Å². The number of carboxylic acids is 1. The van der Waals surface area contributed by atoms with Crippen LogP contribution in [0.1, 0.15) is 12.8 Å². The Balaban J connectivity index is 1.75. The molecule has 2 aliphatic rings. The third-order valence-corrected chi connectivity index (χ3v) is 3.97. The second-order valence-electron chi connectivity index (χ2n) is 3.81. The van der Waals surface area contributed by atoms with Crippen molar-refractivity contribution in [2.45, 2.75) is 18.9 Å². The minimum atomic E-state index is -0.609. The van der Waals surface area contributed by atoms with Crippen molar-refractivity contribution in [2.24, 2.45) is 5.92 Å². The molecule has 1 heterocycles. The summed E-state index contributed by atoms with van der Waals surface area (Å²) in [7, 11) is 0. The summed E-state index contributed by atoms with van der Waals surface area (Å²) in [4.78, 5) is 13.0. The lowest BCUT2D eigenvalue weighted by atomic mass is 9.79. The number of thioether (sulfide) groups is 1. The molecule has 0 spiro atoms. The van der Waals surface area contributed by atoms with Crippen molar-refractivity contribution in [3.63, 3.8) is 0 Å². The topological polar surface area (TPSA) is 40.5 Å². The summed E-state index contributed by atoms with van der Waals surface area (Å²) < 4.78 is 0. The van der Waals surface area contributed by atoms with E-state index in [1.54, 1.807) is 0 Å². The molecule has 13 heavy (non-hydrogen) atoms. The minimum absolute atomic E-state index is 0.0559. The van der Waals surface area contributed by atoms with Crippen LogP contribution in [0.3, 0.4) is 0 Å². The number of hydrogen-bond donors (Lipinski definition) is 1. The van der Waals surface area contributed by atoms with Gasteiger partial charge in [0.2, 0.25) is 0 Å². The van der Waals surface area contributed by atoms with E-state index in [1.807, 2.05) is 11.8 Å². The Hall–Kier alpha value is -0.220. The Morgan fingerprint density at radius 1 is 1.31 bits per heavy atom. The third-order valence-electron chi connectivity index (χ3n) is 3.02. The van der Waals surface area contributed by atoms with Gasteiger partial charge in [0, 0.05) is 30.6 Å². The Bertz CT molecular complexity index is 198. The quantitative estimate of drug-likeness (QED) is 0.720. The summed E-state index contributed by atoms with van der Waals surface area (Å²) in [5.74, 6) is 1.77. The Morgan fingerprint density at radius 3 is 2.46 bits per heavy atom. The van der Waals surface area contributed by atoms with Gasteiger partial charge in [-0.15, -0.1) is 0 Å². The van der Waals surface area contributed by atoms with Crippen LogP contribution in [0.25, 0.3) is 0 Å². The molecule has 0 radical (unpaired) electrons. The largest absolute Gasteiger partial charge is 0.481 e. The second-order valence-corrected chi connectivity index (χ2v) is 5.03. The van der Waals surface area contributed by atoms with E-state index in [4.69, 9.17) is 5.11 Å². The van der Waals surface area contributed by atoms with Gasteiger partial charge in [-0.1, -0.05) is 0 Å². The smallest absolute Gasteiger partial charge is 0.306 e. The maximum absolute atomic E-state index is 10.6. The van der Waals surface area contributed by atoms with Gasteiger partial charge in [0.05, 0.1) is 5.92 Å². The van der Waals surface area contributed by atoms with Crippen LogP contribution in [0.4, 0.5) is 0 Å². The van der Waals surface area contributed by atoms with E-state index in [2.05, 4.69) is 4.90 Å². The number of carboxylic acid groups (broad SMARTS) is 1. The number of aliphatic carboxylic acids is 1. The summed E-state index contributed by atoms with van der Waals surface area (Å²) in [6.07, 6.45) is 1.75. The third kappa shape index (κ3) is 1.99. The molecule has 0 unspecified atom stereocenters. The molecule has 1 saturated carbocycles. The molecule has 2 rings (SSSR count). The highest BCUT2D eigenvalue weighted by Gasteiger charge is 2.37. The average Bonchev–Trinajstić information content (AvgIpc) is 2.02. The van der Waals surface area contributed by atoms with Gasteiger partial charge in [0.1, 0.15) is 0 Å². The van der Waals surface area contributed by atoms with Crippen LogP contribution in [0.5, 0.6) is 0 Å². The van der Waals surface area contributed by atoms with Crippen LogP contribution in [0, 0.1) is 5.92 Å².